The second-order valence-corrected chi connectivity index (χ2v) is 4.92. The summed E-state index contributed by atoms with van der Waals surface area (Å²) >= 11 is 0. The van der Waals surface area contributed by atoms with Crippen molar-refractivity contribution in [3.8, 4) is 5.75 Å². The predicted molar refractivity (Wildman–Crippen MR) is 77.0 cm³/mol. The van der Waals surface area contributed by atoms with Crippen LogP contribution >= 0.6 is 0 Å². The molecule has 0 aromatic heterocycles. The summed E-state index contributed by atoms with van der Waals surface area (Å²) in [5.74, 6) is 0.605. The van der Waals surface area contributed by atoms with Gasteiger partial charge >= 0.3 is 0 Å². The number of benzene rings is 1. The molecule has 1 aliphatic rings. The SMILES string of the molecule is CCCCNC(=O)Cc1ccc2c(c1)N(C)C(=O)CO2. The summed E-state index contributed by atoms with van der Waals surface area (Å²) < 4.78 is 5.35. The molecule has 0 saturated carbocycles. The maximum absolute atomic E-state index is 11.8. The Bertz CT molecular complexity index is 514. The summed E-state index contributed by atoms with van der Waals surface area (Å²) in [7, 11) is 1.72. The zero-order chi connectivity index (χ0) is 14.5. The molecule has 0 bridgehead atoms. The molecule has 0 radical (unpaired) electrons. The third kappa shape index (κ3) is 3.29. The average Bonchev–Trinajstić information content (AvgIpc) is 2.44. The first-order valence-corrected chi connectivity index (χ1v) is 6.90. The van der Waals surface area contributed by atoms with Gasteiger partial charge < -0.3 is 15.0 Å². The molecule has 1 aromatic rings. The Labute approximate surface area is 118 Å². The molecule has 20 heavy (non-hydrogen) atoms. The Morgan fingerprint density at radius 2 is 2.25 bits per heavy atom. The van der Waals surface area contributed by atoms with E-state index in [-0.39, 0.29) is 18.4 Å². The summed E-state index contributed by atoms with van der Waals surface area (Å²) in [4.78, 5) is 24.9. The standard InChI is InChI=1S/C15H20N2O3/c1-3-4-7-16-14(18)9-11-5-6-13-12(8-11)17(2)15(19)10-20-13/h5-6,8H,3-4,7,9-10H2,1-2H3,(H,16,18). The fraction of sp³-hybridized carbons (Fsp3) is 0.467. The van der Waals surface area contributed by atoms with E-state index >= 15 is 0 Å². The first kappa shape index (κ1) is 14.4. The molecular weight excluding hydrogens is 256 g/mol. The lowest BCUT2D eigenvalue weighted by atomic mass is 10.1. The highest BCUT2D eigenvalue weighted by atomic mass is 16.5. The fourth-order valence-electron chi connectivity index (χ4n) is 2.08. The van der Waals surface area contributed by atoms with Gasteiger partial charge in [-0.3, -0.25) is 9.59 Å². The summed E-state index contributed by atoms with van der Waals surface area (Å²) in [5, 5.41) is 2.88. The van der Waals surface area contributed by atoms with Gasteiger partial charge in [0.25, 0.3) is 5.91 Å². The second-order valence-electron chi connectivity index (χ2n) is 4.92. The van der Waals surface area contributed by atoms with E-state index in [2.05, 4.69) is 12.2 Å². The first-order chi connectivity index (χ1) is 9.61. The van der Waals surface area contributed by atoms with Crippen molar-refractivity contribution in [2.24, 2.45) is 0 Å². The number of likely N-dealkylation sites (N-methyl/N-ethyl adjacent to an activating group) is 1. The van der Waals surface area contributed by atoms with Crippen LogP contribution in [0.5, 0.6) is 5.75 Å². The van der Waals surface area contributed by atoms with E-state index in [0.29, 0.717) is 18.7 Å². The maximum Gasteiger partial charge on any atom is 0.264 e. The summed E-state index contributed by atoms with van der Waals surface area (Å²) in [6.07, 6.45) is 2.36. The topological polar surface area (TPSA) is 58.6 Å². The number of amides is 2. The highest BCUT2D eigenvalue weighted by Crippen LogP contribution is 2.31. The molecule has 1 aliphatic heterocycles. The van der Waals surface area contributed by atoms with Crippen LogP contribution in [-0.2, 0) is 16.0 Å². The number of hydrogen-bond acceptors (Lipinski definition) is 3. The molecule has 0 spiro atoms. The van der Waals surface area contributed by atoms with Gasteiger partial charge in [0.1, 0.15) is 5.75 Å². The third-order valence-corrected chi connectivity index (χ3v) is 3.33. The van der Waals surface area contributed by atoms with Gasteiger partial charge in [-0.25, -0.2) is 0 Å². The van der Waals surface area contributed by atoms with Crippen molar-refractivity contribution in [1.29, 1.82) is 0 Å². The molecule has 2 rings (SSSR count). The van der Waals surface area contributed by atoms with Crippen molar-refractivity contribution in [2.45, 2.75) is 26.2 Å². The van der Waals surface area contributed by atoms with Crippen LogP contribution in [0, 0.1) is 0 Å². The zero-order valence-corrected chi connectivity index (χ0v) is 11.9. The van der Waals surface area contributed by atoms with Crippen LogP contribution in [0.1, 0.15) is 25.3 Å². The Balaban J connectivity index is 2.03. The van der Waals surface area contributed by atoms with Crippen LogP contribution in [0.3, 0.4) is 0 Å². The van der Waals surface area contributed by atoms with Gasteiger partial charge in [-0.1, -0.05) is 19.4 Å². The number of carbonyl (C=O) groups excluding carboxylic acids is 2. The molecule has 0 atom stereocenters. The number of carbonyl (C=O) groups is 2. The van der Waals surface area contributed by atoms with Crippen molar-refractivity contribution < 1.29 is 14.3 Å². The molecule has 0 unspecified atom stereocenters. The van der Waals surface area contributed by atoms with E-state index in [1.54, 1.807) is 11.9 Å². The van der Waals surface area contributed by atoms with E-state index in [4.69, 9.17) is 4.74 Å². The molecule has 1 heterocycles. The number of anilines is 1. The van der Waals surface area contributed by atoms with E-state index in [9.17, 15) is 9.59 Å². The van der Waals surface area contributed by atoms with Crippen molar-refractivity contribution in [3.05, 3.63) is 23.8 Å². The normalized spacial score (nSPS) is 13.7. The Hall–Kier alpha value is -2.04. The lowest BCUT2D eigenvalue weighted by Crippen LogP contribution is -2.35. The van der Waals surface area contributed by atoms with Gasteiger partial charge in [-0.2, -0.15) is 0 Å². The van der Waals surface area contributed by atoms with Crippen LogP contribution in [-0.4, -0.2) is 32.0 Å². The summed E-state index contributed by atoms with van der Waals surface area (Å²) in [6, 6.07) is 5.51. The van der Waals surface area contributed by atoms with Crippen LogP contribution in [0.15, 0.2) is 18.2 Å². The van der Waals surface area contributed by atoms with Crippen LogP contribution in [0.25, 0.3) is 0 Å². The summed E-state index contributed by atoms with van der Waals surface area (Å²) in [6.45, 7) is 2.87. The minimum absolute atomic E-state index is 0.00380. The lowest BCUT2D eigenvalue weighted by molar-refractivity contribution is -0.121. The number of ether oxygens (including phenoxy) is 1. The van der Waals surface area contributed by atoms with Crippen LogP contribution in [0.4, 0.5) is 5.69 Å². The number of rotatable bonds is 5. The van der Waals surface area contributed by atoms with E-state index in [0.717, 1.165) is 24.1 Å². The first-order valence-electron chi connectivity index (χ1n) is 6.90. The van der Waals surface area contributed by atoms with E-state index < -0.39 is 0 Å². The predicted octanol–water partition coefficient (Wildman–Crippen LogP) is 1.50. The quantitative estimate of drug-likeness (QED) is 0.829. The Kier molecular flexibility index (Phi) is 4.61. The summed E-state index contributed by atoms with van der Waals surface area (Å²) in [5.41, 5.74) is 1.60. The van der Waals surface area contributed by atoms with Crippen molar-refractivity contribution in [1.82, 2.24) is 5.32 Å². The van der Waals surface area contributed by atoms with Crippen LogP contribution < -0.4 is 15.0 Å². The van der Waals surface area contributed by atoms with Crippen molar-refractivity contribution >= 4 is 17.5 Å². The van der Waals surface area contributed by atoms with Crippen LogP contribution in [0.2, 0.25) is 0 Å². The van der Waals surface area contributed by atoms with E-state index in [1.807, 2.05) is 18.2 Å². The molecular formula is C15H20N2O3. The largest absolute Gasteiger partial charge is 0.482 e. The maximum atomic E-state index is 11.8. The molecule has 0 saturated heterocycles. The van der Waals surface area contributed by atoms with Gasteiger partial charge in [0.15, 0.2) is 6.61 Å². The number of unbranched alkanes of at least 4 members (excludes halogenated alkanes) is 1. The molecule has 5 heteroatoms. The molecule has 0 fully saturated rings. The molecule has 1 N–H and O–H groups in total. The third-order valence-electron chi connectivity index (χ3n) is 3.33. The van der Waals surface area contributed by atoms with Gasteiger partial charge in [0, 0.05) is 13.6 Å². The van der Waals surface area contributed by atoms with Gasteiger partial charge in [0.2, 0.25) is 5.91 Å². The number of nitrogens with zero attached hydrogens (tertiary/aromatic N) is 1. The van der Waals surface area contributed by atoms with Crippen molar-refractivity contribution in [2.75, 3.05) is 25.1 Å². The molecule has 108 valence electrons. The van der Waals surface area contributed by atoms with Gasteiger partial charge in [-0.15, -0.1) is 0 Å². The number of hydrogen-bond donors (Lipinski definition) is 1. The Morgan fingerprint density at radius 3 is 3.00 bits per heavy atom. The molecule has 0 aliphatic carbocycles. The number of nitrogens with one attached hydrogen (secondary N) is 1. The molecule has 5 nitrogen and oxygen atoms in total. The smallest absolute Gasteiger partial charge is 0.264 e. The fourth-order valence-corrected chi connectivity index (χ4v) is 2.08. The average molecular weight is 276 g/mol. The van der Waals surface area contributed by atoms with Crippen molar-refractivity contribution in [3.63, 3.8) is 0 Å². The minimum Gasteiger partial charge on any atom is -0.482 e. The van der Waals surface area contributed by atoms with Gasteiger partial charge in [0.05, 0.1) is 12.1 Å². The monoisotopic (exact) mass is 276 g/mol. The highest BCUT2D eigenvalue weighted by Gasteiger charge is 2.22. The van der Waals surface area contributed by atoms with Gasteiger partial charge in [-0.05, 0) is 24.1 Å². The lowest BCUT2D eigenvalue weighted by Gasteiger charge is -2.26. The Morgan fingerprint density at radius 1 is 1.45 bits per heavy atom. The number of fused-ring (bicyclic) bond motifs is 1. The minimum atomic E-state index is -0.0814. The highest BCUT2D eigenvalue weighted by molar-refractivity contribution is 5.97. The molecule has 1 aromatic carbocycles. The zero-order valence-electron chi connectivity index (χ0n) is 11.9. The molecule has 2 amide bonds. The van der Waals surface area contributed by atoms with E-state index in [1.165, 1.54) is 0 Å². The second kappa shape index (κ2) is 6.41.